The molecule has 0 rings (SSSR count). The molecule has 0 spiro atoms. The molecule has 19 heteroatoms. The fourth-order valence-electron chi connectivity index (χ4n) is 13.1. The molecule has 0 aliphatic heterocycles. The van der Waals surface area contributed by atoms with E-state index in [0.29, 0.717) is 25.7 Å². The van der Waals surface area contributed by atoms with Crippen LogP contribution in [0, 0.1) is 23.7 Å². The second kappa shape index (κ2) is 73.8. The van der Waals surface area contributed by atoms with Gasteiger partial charge in [0.2, 0.25) is 0 Å². The maximum atomic E-state index is 13.1. The van der Waals surface area contributed by atoms with Crippen molar-refractivity contribution in [3.8, 4) is 0 Å². The first-order valence-corrected chi connectivity index (χ1v) is 46.8. The number of phosphoric ester groups is 2. The third-order valence-electron chi connectivity index (χ3n) is 20.5. The molecule has 0 aliphatic carbocycles. The molecule has 17 nitrogen and oxygen atoms in total. The van der Waals surface area contributed by atoms with Gasteiger partial charge in [-0.2, -0.15) is 0 Å². The predicted octanol–water partition coefficient (Wildman–Crippen LogP) is 25.6. The lowest BCUT2D eigenvalue weighted by Gasteiger charge is -2.21. The van der Waals surface area contributed by atoms with Crippen molar-refractivity contribution in [1.82, 2.24) is 0 Å². The molecule has 0 saturated carbocycles. The van der Waals surface area contributed by atoms with Crippen LogP contribution in [0.5, 0.6) is 0 Å². The summed E-state index contributed by atoms with van der Waals surface area (Å²) in [4.78, 5) is 73.2. The first kappa shape index (κ1) is 102. The highest BCUT2D eigenvalue weighted by Crippen LogP contribution is 2.45. The minimum Gasteiger partial charge on any atom is -0.462 e. The van der Waals surface area contributed by atoms with Gasteiger partial charge < -0.3 is 33.8 Å². The highest BCUT2D eigenvalue weighted by molar-refractivity contribution is 7.47. The number of hydrogen-bond donors (Lipinski definition) is 3. The molecule has 3 N–H and O–H groups in total. The van der Waals surface area contributed by atoms with Gasteiger partial charge in [-0.3, -0.25) is 37.3 Å². The monoisotopic (exact) mass is 1520 g/mol. The number of rotatable bonds is 82. The van der Waals surface area contributed by atoms with Crippen LogP contribution in [-0.2, 0) is 65.4 Å². The number of phosphoric acid groups is 2. The van der Waals surface area contributed by atoms with Crippen molar-refractivity contribution in [2.45, 2.75) is 459 Å². The maximum Gasteiger partial charge on any atom is 0.472 e. The largest absolute Gasteiger partial charge is 0.472 e. The summed E-state index contributed by atoms with van der Waals surface area (Å²) < 4.78 is 68.9. The zero-order valence-electron chi connectivity index (χ0n) is 68.7. The minimum atomic E-state index is -4.97. The lowest BCUT2D eigenvalue weighted by Crippen LogP contribution is -2.30. The number of esters is 4. The third-order valence-corrected chi connectivity index (χ3v) is 22.4. The Labute approximate surface area is 638 Å². The van der Waals surface area contributed by atoms with Gasteiger partial charge in [-0.1, -0.05) is 389 Å². The molecule has 0 aromatic carbocycles. The second-order valence-electron chi connectivity index (χ2n) is 32.0. The van der Waals surface area contributed by atoms with Crippen LogP contribution in [0.15, 0.2) is 0 Å². The molecule has 0 amide bonds. The minimum absolute atomic E-state index is 0.106. The summed E-state index contributed by atoms with van der Waals surface area (Å²) in [5.41, 5.74) is 0. The summed E-state index contributed by atoms with van der Waals surface area (Å²) in [7, 11) is -9.93. The summed E-state index contributed by atoms with van der Waals surface area (Å²) >= 11 is 0. The van der Waals surface area contributed by atoms with E-state index in [9.17, 15) is 43.2 Å². The first-order valence-electron chi connectivity index (χ1n) is 43.8. The van der Waals surface area contributed by atoms with Crippen molar-refractivity contribution in [2.75, 3.05) is 39.6 Å². The highest BCUT2D eigenvalue weighted by Gasteiger charge is 2.30. The lowest BCUT2D eigenvalue weighted by atomic mass is 9.99. The summed E-state index contributed by atoms with van der Waals surface area (Å²) in [6, 6.07) is 0. The van der Waals surface area contributed by atoms with Gasteiger partial charge in [0.15, 0.2) is 12.2 Å². The molecule has 618 valence electrons. The average Bonchev–Trinajstić information content (AvgIpc) is 0.901. The van der Waals surface area contributed by atoms with E-state index in [1.54, 1.807) is 0 Å². The van der Waals surface area contributed by atoms with Crippen LogP contribution < -0.4 is 0 Å². The number of hydrogen-bond acceptors (Lipinski definition) is 15. The van der Waals surface area contributed by atoms with Crippen molar-refractivity contribution in [1.29, 1.82) is 0 Å². The number of aliphatic hydroxyl groups is 1. The van der Waals surface area contributed by atoms with Crippen LogP contribution >= 0.6 is 15.6 Å². The van der Waals surface area contributed by atoms with Crippen LogP contribution in [0.2, 0.25) is 0 Å². The van der Waals surface area contributed by atoms with Gasteiger partial charge >= 0.3 is 39.5 Å². The Morgan fingerprint density at radius 3 is 0.683 bits per heavy atom. The molecule has 4 unspecified atom stereocenters. The Balaban J connectivity index is 5.25. The predicted molar refractivity (Wildman–Crippen MR) is 428 cm³/mol. The number of carbonyl (C=O) groups is 4. The third kappa shape index (κ3) is 75.5. The van der Waals surface area contributed by atoms with Crippen LogP contribution in [0.4, 0.5) is 0 Å². The van der Waals surface area contributed by atoms with E-state index in [4.69, 9.17) is 37.0 Å². The Morgan fingerprint density at radius 2 is 0.462 bits per heavy atom. The summed E-state index contributed by atoms with van der Waals surface area (Å²) in [5.74, 6) is 1.11. The van der Waals surface area contributed by atoms with Crippen LogP contribution in [-0.4, -0.2) is 96.7 Å². The van der Waals surface area contributed by atoms with Crippen LogP contribution in [0.3, 0.4) is 0 Å². The van der Waals surface area contributed by atoms with Gasteiger partial charge in [-0.15, -0.1) is 0 Å². The molecule has 104 heavy (non-hydrogen) atoms. The van der Waals surface area contributed by atoms with Crippen LogP contribution in [0.25, 0.3) is 0 Å². The van der Waals surface area contributed by atoms with E-state index < -0.39 is 97.5 Å². The Kier molecular flexibility index (Phi) is 72.5. The molecule has 0 bridgehead atoms. The molecule has 0 fully saturated rings. The summed E-state index contributed by atoms with van der Waals surface area (Å²) in [6.07, 6.45) is 62.3. The number of ether oxygens (including phenoxy) is 4. The Morgan fingerprint density at radius 1 is 0.269 bits per heavy atom. The van der Waals surface area contributed by atoms with E-state index >= 15 is 0 Å². The SMILES string of the molecule is CCC(C)CCCCCCCCCCCCCCCCCCCCC(=O)O[C@H](COC(=O)CCCCCCCCCCCCCCC(C)C)COP(=O)(O)OC[C@@H](O)COP(=O)(O)OC[C@@H](COC(=O)CCCCCCCCCCCCC(C)C)OC(=O)CCCCCCCCCCCCC(C)CC. The first-order chi connectivity index (χ1) is 50.2. The second-order valence-corrected chi connectivity index (χ2v) is 34.9. The Bertz CT molecular complexity index is 2030. The van der Waals surface area contributed by atoms with E-state index in [-0.39, 0.29) is 25.7 Å². The smallest absolute Gasteiger partial charge is 0.462 e. The number of unbranched alkanes of at least 4 members (excludes halogenated alkanes) is 46. The van der Waals surface area contributed by atoms with Gasteiger partial charge in [0, 0.05) is 25.7 Å². The van der Waals surface area contributed by atoms with Gasteiger partial charge in [-0.25, -0.2) is 9.13 Å². The Hall–Kier alpha value is -1.94. The molecule has 0 aliphatic rings. The van der Waals surface area contributed by atoms with Crippen molar-refractivity contribution in [3.63, 3.8) is 0 Å². The van der Waals surface area contributed by atoms with Gasteiger partial charge in [0.25, 0.3) is 0 Å². The lowest BCUT2D eigenvalue weighted by molar-refractivity contribution is -0.161. The summed E-state index contributed by atoms with van der Waals surface area (Å²) in [5, 5.41) is 10.7. The average molecular weight is 1520 g/mol. The van der Waals surface area contributed by atoms with Gasteiger partial charge in [0.1, 0.15) is 19.3 Å². The van der Waals surface area contributed by atoms with E-state index in [1.807, 2.05) is 0 Å². The van der Waals surface area contributed by atoms with Crippen molar-refractivity contribution in [2.24, 2.45) is 23.7 Å². The number of aliphatic hydroxyl groups excluding tert-OH is 1. The van der Waals surface area contributed by atoms with Crippen molar-refractivity contribution >= 4 is 39.5 Å². The van der Waals surface area contributed by atoms with Crippen molar-refractivity contribution < 1.29 is 80.2 Å². The molecule has 0 aromatic heterocycles. The van der Waals surface area contributed by atoms with Gasteiger partial charge in [0.05, 0.1) is 26.4 Å². The molecular formula is C85H166O17P2. The fraction of sp³-hybridized carbons (Fsp3) is 0.953. The fourth-order valence-corrected chi connectivity index (χ4v) is 14.7. The zero-order valence-corrected chi connectivity index (χ0v) is 70.5. The normalized spacial score (nSPS) is 14.5. The molecule has 0 saturated heterocycles. The van der Waals surface area contributed by atoms with E-state index in [0.717, 1.165) is 114 Å². The standard InChI is InChI=1S/C85H166O17P2/c1-9-77(7)63-55-47-39-31-22-17-15-13-11-12-14-16-18-24-35-43-51-59-67-84(89)101-80(71-95-82(87)65-57-49-41-33-23-20-19-21-29-37-45-53-61-75(3)4)73-99-103(91,92)97-69-79(86)70-98-104(93,94)100-74-81(72-96-83(88)66-58-50-42-34-27-25-30-38-46-54-62-76(5)6)102-85(90)68-60-52-44-36-28-26-32-40-48-56-64-78(8)10-2/h75-81,86H,9-74H2,1-8H3,(H,91,92)(H,93,94)/t77?,78?,79-,80-,81-/m1/s1. The zero-order chi connectivity index (χ0) is 76.7. The number of carbonyl (C=O) groups excluding carboxylic acids is 4. The highest BCUT2D eigenvalue weighted by atomic mass is 31.2. The van der Waals surface area contributed by atoms with E-state index in [2.05, 4.69) is 55.4 Å². The van der Waals surface area contributed by atoms with Gasteiger partial charge in [-0.05, 0) is 49.4 Å². The molecule has 0 heterocycles. The quantitative estimate of drug-likeness (QED) is 0.0222. The molecule has 7 atom stereocenters. The summed E-state index contributed by atoms with van der Waals surface area (Å²) in [6.45, 7) is 14.4. The maximum absolute atomic E-state index is 13.1. The van der Waals surface area contributed by atoms with E-state index in [1.165, 1.54) is 244 Å². The topological polar surface area (TPSA) is 237 Å². The molecule has 0 radical (unpaired) electrons. The molecular weight excluding hydrogens is 1350 g/mol. The molecule has 0 aromatic rings. The van der Waals surface area contributed by atoms with Crippen LogP contribution in [0.1, 0.15) is 441 Å². The van der Waals surface area contributed by atoms with Crippen molar-refractivity contribution in [3.05, 3.63) is 0 Å².